The van der Waals surface area contributed by atoms with E-state index in [2.05, 4.69) is 10.3 Å². The zero-order chi connectivity index (χ0) is 11.4. The van der Waals surface area contributed by atoms with Gasteiger partial charge >= 0.3 is 0 Å². The molecule has 0 bridgehead atoms. The summed E-state index contributed by atoms with van der Waals surface area (Å²) in [6, 6.07) is 3.68. The van der Waals surface area contributed by atoms with Gasteiger partial charge in [0, 0.05) is 6.54 Å². The lowest BCUT2D eigenvalue weighted by molar-refractivity contribution is 0.373. The molecule has 0 aromatic carbocycles. The first-order chi connectivity index (χ1) is 7.75. The lowest BCUT2D eigenvalue weighted by Gasteiger charge is -2.22. The third-order valence-electron chi connectivity index (χ3n) is 3.25. The highest BCUT2D eigenvalue weighted by Crippen LogP contribution is 2.24. The first-order valence-corrected chi connectivity index (χ1v) is 6.01. The summed E-state index contributed by atoms with van der Waals surface area (Å²) in [6.45, 7) is 0.996. The number of nitrogens with two attached hydrogens (primary N) is 2. The van der Waals surface area contributed by atoms with Crippen LogP contribution in [0, 0.1) is 5.92 Å². The Morgan fingerprint density at radius 3 is 2.62 bits per heavy atom. The molecule has 4 heteroatoms. The van der Waals surface area contributed by atoms with Crippen molar-refractivity contribution in [3.8, 4) is 0 Å². The van der Waals surface area contributed by atoms with E-state index in [0.717, 1.165) is 18.3 Å². The van der Waals surface area contributed by atoms with Crippen molar-refractivity contribution in [2.45, 2.75) is 32.1 Å². The molecule has 1 aromatic rings. The van der Waals surface area contributed by atoms with Crippen molar-refractivity contribution in [1.29, 1.82) is 0 Å². The highest BCUT2D eigenvalue weighted by molar-refractivity contribution is 5.61. The van der Waals surface area contributed by atoms with Crippen molar-refractivity contribution in [3.63, 3.8) is 0 Å². The minimum Gasteiger partial charge on any atom is -0.396 e. The average Bonchev–Trinajstić information content (AvgIpc) is 2.32. The van der Waals surface area contributed by atoms with Gasteiger partial charge in [-0.05, 0) is 30.9 Å². The van der Waals surface area contributed by atoms with E-state index in [9.17, 15) is 0 Å². The molecule has 0 spiro atoms. The van der Waals surface area contributed by atoms with Gasteiger partial charge in [-0.25, -0.2) is 4.98 Å². The largest absolute Gasteiger partial charge is 0.396 e. The molecule has 2 rings (SSSR count). The third-order valence-corrected chi connectivity index (χ3v) is 3.25. The lowest BCUT2D eigenvalue weighted by atomic mass is 9.89. The second kappa shape index (κ2) is 5.05. The van der Waals surface area contributed by atoms with Gasteiger partial charge in [0.25, 0.3) is 0 Å². The quantitative estimate of drug-likeness (QED) is 0.730. The molecular weight excluding hydrogens is 200 g/mol. The number of nitrogens with one attached hydrogen (secondary N) is 1. The number of anilines is 3. The Kier molecular flexibility index (Phi) is 3.49. The molecule has 1 saturated carbocycles. The van der Waals surface area contributed by atoms with E-state index in [4.69, 9.17) is 11.5 Å². The fourth-order valence-corrected chi connectivity index (χ4v) is 2.22. The summed E-state index contributed by atoms with van der Waals surface area (Å²) in [5.41, 5.74) is 11.8. The number of pyridine rings is 1. The average molecular weight is 220 g/mol. The maximum atomic E-state index is 5.65. The highest BCUT2D eigenvalue weighted by Gasteiger charge is 2.13. The molecule has 0 radical (unpaired) electrons. The van der Waals surface area contributed by atoms with Gasteiger partial charge in [-0.2, -0.15) is 0 Å². The van der Waals surface area contributed by atoms with Crippen LogP contribution in [0.3, 0.4) is 0 Å². The molecule has 16 heavy (non-hydrogen) atoms. The number of rotatable bonds is 3. The van der Waals surface area contributed by atoms with Crippen LogP contribution in [0.15, 0.2) is 12.1 Å². The molecular formula is C12H20N4. The van der Waals surface area contributed by atoms with E-state index >= 15 is 0 Å². The summed E-state index contributed by atoms with van der Waals surface area (Å²) < 4.78 is 0. The molecule has 1 aromatic heterocycles. The summed E-state index contributed by atoms with van der Waals surface area (Å²) in [5, 5.41) is 3.34. The molecule has 1 aliphatic rings. The molecule has 0 unspecified atom stereocenters. The third kappa shape index (κ3) is 2.78. The van der Waals surface area contributed by atoms with Crippen LogP contribution in [-0.4, -0.2) is 11.5 Å². The van der Waals surface area contributed by atoms with Gasteiger partial charge in [0.15, 0.2) is 0 Å². The molecule has 1 fully saturated rings. The Hall–Kier alpha value is -1.45. The summed E-state index contributed by atoms with van der Waals surface area (Å²) in [6.07, 6.45) is 6.78. The predicted octanol–water partition coefficient (Wildman–Crippen LogP) is 2.24. The molecule has 0 amide bonds. The fraction of sp³-hybridized carbons (Fsp3) is 0.583. The topological polar surface area (TPSA) is 77.0 Å². The van der Waals surface area contributed by atoms with Gasteiger partial charge in [-0.1, -0.05) is 19.3 Å². The van der Waals surface area contributed by atoms with Gasteiger partial charge in [-0.3, -0.25) is 0 Å². The summed E-state index contributed by atoms with van der Waals surface area (Å²) in [7, 11) is 0. The van der Waals surface area contributed by atoms with E-state index in [0.29, 0.717) is 11.5 Å². The van der Waals surface area contributed by atoms with Crippen LogP contribution < -0.4 is 16.8 Å². The van der Waals surface area contributed by atoms with Crippen molar-refractivity contribution >= 4 is 17.3 Å². The molecule has 1 heterocycles. The van der Waals surface area contributed by atoms with Crippen LogP contribution >= 0.6 is 0 Å². The molecule has 0 aliphatic heterocycles. The van der Waals surface area contributed by atoms with Crippen LogP contribution in [0.5, 0.6) is 0 Å². The van der Waals surface area contributed by atoms with E-state index in [-0.39, 0.29) is 0 Å². The van der Waals surface area contributed by atoms with Crippen molar-refractivity contribution < 1.29 is 0 Å². The van der Waals surface area contributed by atoms with E-state index in [1.54, 1.807) is 6.07 Å². The van der Waals surface area contributed by atoms with Crippen molar-refractivity contribution in [3.05, 3.63) is 12.1 Å². The summed E-state index contributed by atoms with van der Waals surface area (Å²) >= 11 is 0. The smallest absolute Gasteiger partial charge is 0.149 e. The number of hydrogen-bond donors (Lipinski definition) is 3. The zero-order valence-electron chi connectivity index (χ0n) is 9.58. The van der Waals surface area contributed by atoms with Gasteiger partial charge in [0.1, 0.15) is 11.6 Å². The SMILES string of the molecule is Nc1ccc(NCC2CCCCC2)nc1N. The number of aromatic nitrogens is 1. The summed E-state index contributed by atoms with van der Waals surface area (Å²) in [5.74, 6) is 2.03. The maximum absolute atomic E-state index is 5.65. The molecule has 1 aliphatic carbocycles. The van der Waals surface area contributed by atoms with E-state index in [1.807, 2.05) is 6.07 Å². The standard InChI is InChI=1S/C12H20N4/c13-10-6-7-11(16-12(10)14)15-8-9-4-2-1-3-5-9/h6-7,9H,1-5,8,13H2,(H3,14,15,16). The number of hydrogen-bond acceptors (Lipinski definition) is 4. The molecule has 0 atom stereocenters. The first kappa shape index (κ1) is 11.0. The van der Waals surface area contributed by atoms with Gasteiger partial charge in [0.2, 0.25) is 0 Å². The normalized spacial score (nSPS) is 17.2. The minimum atomic E-state index is 0.411. The van der Waals surface area contributed by atoms with Crippen LogP contribution in [-0.2, 0) is 0 Å². The van der Waals surface area contributed by atoms with Gasteiger partial charge in [-0.15, -0.1) is 0 Å². The van der Waals surface area contributed by atoms with Crippen LogP contribution in [0.4, 0.5) is 17.3 Å². The predicted molar refractivity (Wildman–Crippen MR) is 68.1 cm³/mol. The Labute approximate surface area is 96.4 Å². The van der Waals surface area contributed by atoms with Gasteiger partial charge in [0.05, 0.1) is 5.69 Å². The Bertz CT molecular complexity index is 345. The van der Waals surface area contributed by atoms with Gasteiger partial charge < -0.3 is 16.8 Å². The fourth-order valence-electron chi connectivity index (χ4n) is 2.22. The highest BCUT2D eigenvalue weighted by atomic mass is 15.0. The molecule has 5 N–H and O–H groups in total. The molecule has 4 nitrogen and oxygen atoms in total. The lowest BCUT2D eigenvalue weighted by Crippen LogP contribution is -2.17. The van der Waals surface area contributed by atoms with E-state index < -0.39 is 0 Å². The Balaban J connectivity index is 1.86. The molecule has 0 saturated heterocycles. The minimum absolute atomic E-state index is 0.411. The van der Waals surface area contributed by atoms with Crippen molar-refractivity contribution in [2.24, 2.45) is 5.92 Å². The Morgan fingerprint density at radius 1 is 1.19 bits per heavy atom. The first-order valence-electron chi connectivity index (χ1n) is 6.01. The zero-order valence-corrected chi connectivity index (χ0v) is 9.58. The van der Waals surface area contributed by atoms with Crippen LogP contribution in [0.1, 0.15) is 32.1 Å². The maximum Gasteiger partial charge on any atom is 0.149 e. The van der Waals surface area contributed by atoms with Crippen molar-refractivity contribution in [2.75, 3.05) is 23.3 Å². The molecule has 88 valence electrons. The Morgan fingerprint density at radius 2 is 1.94 bits per heavy atom. The monoisotopic (exact) mass is 220 g/mol. The summed E-state index contributed by atoms with van der Waals surface area (Å²) in [4.78, 5) is 4.20. The second-order valence-corrected chi connectivity index (χ2v) is 4.56. The second-order valence-electron chi connectivity index (χ2n) is 4.56. The van der Waals surface area contributed by atoms with Crippen molar-refractivity contribution in [1.82, 2.24) is 4.98 Å². The van der Waals surface area contributed by atoms with Crippen LogP contribution in [0.2, 0.25) is 0 Å². The van der Waals surface area contributed by atoms with Crippen LogP contribution in [0.25, 0.3) is 0 Å². The van der Waals surface area contributed by atoms with E-state index in [1.165, 1.54) is 32.1 Å². The number of nitrogens with zero attached hydrogens (tertiary/aromatic N) is 1. The number of nitrogen functional groups attached to an aromatic ring is 2.